The predicted octanol–water partition coefficient (Wildman–Crippen LogP) is 8.00. The number of nitrogens with zero attached hydrogens (tertiary/aromatic N) is 3. The van der Waals surface area contributed by atoms with Crippen LogP contribution in [0.25, 0.3) is 22.0 Å². The molecule has 12 heteroatoms. The number of sulfonamides is 1. The summed E-state index contributed by atoms with van der Waals surface area (Å²) in [6, 6.07) is 10.1. The number of carbonyl (C=O) groups excluding carboxylic acids is 1. The van der Waals surface area contributed by atoms with Crippen molar-refractivity contribution in [3.8, 4) is 16.9 Å². The highest BCUT2D eigenvalue weighted by Crippen LogP contribution is 2.55. The number of rotatable bonds is 12. The zero-order valence-corrected chi connectivity index (χ0v) is 31.1. The average Bonchev–Trinajstić information content (AvgIpc) is 3.80. The lowest BCUT2D eigenvalue weighted by atomic mass is 9.92. The van der Waals surface area contributed by atoms with E-state index in [1.165, 1.54) is 18.2 Å². The smallest absolute Gasteiger partial charge is 0.265 e. The van der Waals surface area contributed by atoms with Gasteiger partial charge in [0.15, 0.2) is 0 Å². The predicted molar refractivity (Wildman–Crippen MR) is 200 cm³/mol. The lowest BCUT2D eigenvalue weighted by Crippen LogP contribution is -2.37. The SMILES string of the molecule is CCCCc1cc(-c2c(F)ccc(NS(=O)(=O)c3cc(Cl)cc4c3OCC4C3CC3C(C)=O)c2CC)cc2cnc(NC3CCN(C)CC3)nc12. The number of ether oxygens (including phenoxy) is 1. The van der Waals surface area contributed by atoms with Gasteiger partial charge in [0.05, 0.1) is 17.8 Å². The summed E-state index contributed by atoms with van der Waals surface area (Å²) in [5.74, 6) is 0.489. The summed E-state index contributed by atoms with van der Waals surface area (Å²) in [6.45, 7) is 7.93. The molecule has 3 unspecified atom stereocenters. The highest BCUT2D eigenvalue weighted by molar-refractivity contribution is 7.92. The van der Waals surface area contributed by atoms with E-state index in [9.17, 15) is 13.2 Å². The molecule has 0 bridgehead atoms. The first-order valence-corrected chi connectivity index (χ1v) is 19.9. The Hall–Kier alpha value is -3.80. The number of likely N-dealkylation sites (tertiary alicyclic amines) is 1. The monoisotopic (exact) mass is 733 g/mol. The van der Waals surface area contributed by atoms with Crippen LogP contribution in [-0.4, -0.2) is 61.9 Å². The lowest BCUT2D eigenvalue weighted by molar-refractivity contribution is -0.118. The van der Waals surface area contributed by atoms with Crippen LogP contribution in [0.4, 0.5) is 16.0 Å². The van der Waals surface area contributed by atoms with Gasteiger partial charge in [-0.15, -0.1) is 0 Å². The van der Waals surface area contributed by atoms with E-state index in [-0.39, 0.29) is 51.5 Å². The number of fused-ring (bicyclic) bond motifs is 2. The quantitative estimate of drug-likeness (QED) is 0.151. The highest BCUT2D eigenvalue weighted by atomic mass is 35.5. The van der Waals surface area contributed by atoms with Gasteiger partial charge >= 0.3 is 0 Å². The number of anilines is 2. The molecule has 2 fully saturated rings. The number of hydrogen-bond donors (Lipinski definition) is 2. The molecule has 3 heterocycles. The maximum Gasteiger partial charge on any atom is 0.265 e. The molecule has 1 saturated carbocycles. The molecular formula is C39H45ClFN5O4S. The van der Waals surface area contributed by atoms with Crippen molar-refractivity contribution in [1.29, 1.82) is 0 Å². The third-order valence-electron chi connectivity index (χ3n) is 10.8. The Kier molecular flexibility index (Phi) is 9.99. The Morgan fingerprint density at radius 2 is 1.92 bits per heavy atom. The van der Waals surface area contributed by atoms with Crippen molar-refractivity contribution in [3.63, 3.8) is 0 Å². The Labute approximate surface area is 304 Å². The van der Waals surface area contributed by atoms with Crippen LogP contribution in [0.15, 0.2) is 47.5 Å². The average molecular weight is 734 g/mol. The van der Waals surface area contributed by atoms with Crippen molar-refractivity contribution in [1.82, 2.24) is 14.9 Å². The van der Waals surface area contributed by atoms with Crippen LogP contribution in [0.2, 0.25) is 5.02 Å². The Bertz CT molecular complexity index is 2100. The van der Waals surface area contributed by atoms with Gasteiger partial charge in [-0.3, -0.25) is 9.52 Å². The Morgan fingerprint density at radius 3 is 2.63 bits per heavy atom. The number of aromatic nitrogens is 2. The molecular weight excluding hydrogens is 689 g/mol. The van der Waals surface area contributed by atoms with Crippen LogP contribution in [-0.2, 0) is 27.7 Å². The molecule has 1 aliphatic carbocycles. The topological polar surface area (TPSA) is 114 Å². The minimum absolute atomic E-state index is 0.0431. The first-order chi connectivity index (χ1) is 24.5. The molecule has 4 aromatic rings. The van der Waals surface area contributed by atoms with Gasteiger partial charge in [-0.1, -0.05) is 31.9 Å². The van der Waals surface area contributed by atoms with Crippen molar-refractivity contribution >= 4 is 49.9 Å². The summed E-state index contributed by atoms with van der Waals surface area (Å²) in [5, 5.41) is 4.59. The highest BCUT2D eigenvalue weighted by Gasteiger charge is 2.49. The fraction of sp³-hybridized carbons (Fsp3) is 0.462. The second kappa shape index (κ2) is 14.3. The Morgan fingerprint density at radius 1 is 1.14 bits per heavy atom. The number of nitrogens with one attached hydrogen (secondary N) is 2. The molecule has 1 saturated heterocycles. The van der Waals surface area contributed by atoms with Crippen LogP contribution in [0.1, 0.15) is 75.5 Å². The molecule has 3 aromatic carbocycles. The number of halogens is 2. The van der Waals surface area contributed by atoms with E-state index in [0.29, 0.717) is 40.7 Å². The van der Waals surface area contributed by atoms with Crippen LogP contribution < -0.4 is 14.8 Å². The van der Waals surface area contributed by atoms with Crippen molar-refractivity contribution < 1.29 is 22.3 Å². The lowest BCUT2D eigenvalue weighted by Gasteiger charge is -2.29. The van der Waals surface area contributed by atoms with E-state index in [2.05, 4.69) is 33.9 Å². The molecule has 9 nitrogen and oxygen atoms in total. The van der Waals surface area contributed by atoms with E-state index < -0.39 is 15.8 Å². The summed E-state index contributed by atoms with van der Waals surface area (Å²) in [6.07, 6.45) is 7.64. The van der Waals surface area contributed by atoms with Crippen molar-refractivity contribution in [2.75, 3.05) is 36.8 Å². The van der Waals surface area contributed by atoms with Gasteiger partial charge in [0.1, 0.15) is 22.2 Å². The minimum Gasteiger partial charge on any atom is -0.491 e. The third-order valence-corrected chi connectivity index (χ3v) is 12.4. The normalized spacial score (nSPS) is 20.6. The van der Waals surface area contributed by atoms with E-state index in [1.54, 1.807) is 19.2 Å². The van der Waals surface area contributed by atoms with Crippen LogP contribution in [0, 0.1) is 17.7 Å². The number of aryl methyl sites for hydroxylation is 1. The van der Waals surface area contributed by atoms with Gasteiger partial charge in [-0.25, -0.2) is 22.8 Å². The van der Waals surface area contributed by atoms with Crippen LogP contribution in [0.5, 0.6) is 5.75 Å². The number of carbonyl (C=O) groups is 1. The van der Waals surface area contributed by atoms with Crippen molar-refractivity contribution in [2.45, 2.75) is 82.6 Å². The number of ketones is 1. The third kappa shape index (κ3) is 7.17. The number of hydrogen-bond acceptors (Lipinski definition) is 8. The van der Waals surface area contributed by atoms with E-state index in [1.807, 2.05) is 19.1 Å². The first-order valence-electron chi connectivity index (χ1n) is 18.0. The second-order valence-electron chi connectivity index (χ2n) is 14.4. The Balaban J connectivity index is 1.23. The molecule has 0 radical (unpaired) electrons. The first kappa shape index (κ1) is 35.6. The van der Waals surface area contributed by atoms with Gasteiger partial charge in [-0.05, 0) is 125 Å². The summed E-state index contributed by atoms with van der Waals surface area (Å²) in [7, 11) is -2.08. The van der Waals surface area contributed by atoms with Gasteiger partial charge < -0.3 is 15.0 Å². The van der Waals surface area contributed by atoms with E-state index in [4.69, 9.17) is 21.3 Å². The summed E-state index contributed by atoms with van der Waals surface area (Å²) < 4.78 is 52.9. The molecule has 3 aliphatic rings. The number of unbranched alkanes of at least 4 members (excludes halogenated alkanes) is 1. The number of benzene rings is 3. The minimum atomic E-state index is -4.22. The van der Waals surface area contributed by atoms with Gasteiger partial charge in [-0.2, -0.15) is 0 Å². The molecule has 3 atom stereocenters. The summed E-state index contributed by atoms with van der Waals surface area (Å²) in [4.78, 5) is 23.8. The standard InChI is InChI=1S/C39H45ClFN5O4S/c1-5-7-8-23-15-24(16-25-20-42-39(44-37(23)25)43-27-11-13-46(4)14-12-27)36-28(6-2)34(10-9-33(36)41)45-51(48,49)35-18-26(40)17-31-32(21-50-38(31)35)30-19-29(30)22(3)47/h9-10,15-18,20,27,29-30,32,45H,5-8,11-14,19,21H2,1-4H3,(H,42,43,44). The van der Waals surface area contributed by atoms with Gasteiger partial charge in [0.25, 0.3) is 10.0 Å². The maximum atomic E-state index is 16.0. The fourth-order valence-corrected chi connectivity index (χ4v) is 9.47. The molecule has 0 amide bonds. The van der Waals surface area contributed by atoms with Crippen molar-refractivity contribution in [3.05, 3.63) is 70.1 Å². The van der Waals surface area contributed by atoms with Crippen molar-refractivity contribution in [2.24, 2.45) is 11.8 Å². The van der Waals surface area contributed by atoms with Gasteiger partial charge in [0, 0.05) is 45.6 Å². The van der Waals surface area contributed by atoms with Gasteiger partial charge in [0.2, 0.25) is 5.95 Å². The largest absolute Gasteiger partial charge is 0.491 e. The zero-order valence-electron chi connectivity index (χ0n) is 29.6. The number of Topliss-reactive ketones (excluding diaryl/α,β-unsaturated/α-hetero) is 1. The summed E-state index contributed by atoms with van der Waals surface area (Å²) in [5.41, 5.74) is 4.32. The fourth-order valence-electron chi connectivity index (χ4n) is 7.88. The summed E-state index contributed by atoms with van der Waals surface area (Å²) >= 11 is 6.49. The molecule has 2 N–H and O–H groups in total. The number of piperidine rings is 1. The molecule has 1 aromatic heterocycles. The molecule has 270 valence electrons. The molecule has 2 aliphatic heterocycles. The van der Waals surface area contributed by atoms with Crippen LogP contribution >= 0.6 is 11.6 Å². The van der Waals surface area contributed by atoms with E-state index >= 15 is 4.39 Å². The maximum absolute atomic E-state index is 16.0. The van der Waals surface area contributed by atoms with E-state index in [0.717, 1.165) is 68.1 Å². The van der Waals surface area contributed by atoms with Crippen LogP contribution in [0.3, 0.4) is 0 Å². The second-order valence-corrected chi connectivity index (χ2v) is 16.4. The molecule has 51 heavy (non-hydrogen) atoms. The molecule has 0 spiro atoms. The zero-order chi connectivity index (χ0) is 36.0. The molecule has 7 rings (SSSR count).